The van der Waals surface area contributed by atoms with Crippen molar-refractivity contribution in [1.82, 2.24) is 4.98 Å². The third-order valence-electron chi connectivity index (χ3n) is 5.34. The molecule has 0 saturated carbocycles. The van der Waals surface area contributed by atoms with E-state index < -0.39 is 21.7 Å². The SMILES string of the molecule is CCS(=O)(=O)c1ccc(C(C(N)=O)c2ccc(-c3nc4ccc(C)cc4s3)c(Cl)c2)cc1. The summed E-state index contributed by atoms with van der Waals surface area (Å²) in [6.07, 6.45) is 0. The van der Waals surface area contributed by atoms with Gasteiger partial charge in [0.05, 0.1) is 31.8 Å². The van der Waals surface area contributed by atoms with Crippen molar-refractivity contribution in [2.45, 2.75) is 24.7 Å². The normalized spacial score (nSPS) is 12.7. The minimum Gasteiger partial charge on any atom is -0.369 e. The first-order valence-electron chi connectivity index (χ1n) is 9.98. The minimum absolute atomic E-state index is 0.00794. The van der Waals surface area contributed by atoms with E-state index in [-0.39, 0.29) is 10.6 Å². The van der Waals surface area contributed by atoms with E-state index in [9.17, 15) is 13.2 Å². The summed E-state index contributed by atoms with van der Waals surface area (Å²) >= 11 is 8.16. The maximum Gasteiger partial charge on any atom is 0.229 e. The first-order valence-corrected chi connectivity index (χ1v) is 12.8. The van der Waals surface area contributed by atoms with Gasteiger partial charge in [-0.15, -0.1) is 11.3 Å². The second-order valence-electron chi connectivity index (χ2n) is 7.54. The van der Waals surface area contributed by atoms with Crippen molar-refractivity contribution in [3.05, 3.63) is 82.4 Å². The van der Waals surface area contributed by atoms with E-state index in [4.69, 9.17) is 17.3 Å². The Morgan fingerprint density at radius 1 is 1.06 bits per heavy atom. The van der Waals surface area contributed by atoms with Crippen molar-refractivity contribution in [3.63, 3.8) is 0 Å². The van der Waals surface area contributed by atoms with Crippen LogP contribution in [-0.2, 0) is 14.6 Å². The lowest BCUT2D eigenvalue weighted by Gasteiger charge is -2.16. The molecule has 0 aliphatic heterocycles. The van der Waals surface area contributed by atoms with E-state index in [1.807, 2.05) is 31.2 Å². The molecule has 4 rings (SSSR count). The Labute approximate surface area is 195 Å². The largest absolute Gasteiger partial charge is 0.369 e. The molecule has 1 unspecified atom stereocenters. The number of hydrogen-bond donors (Lipinski definition) is 1. The van der Waals surface area contributed by atoms with Crippen LogP contribution in [0.1, 0.15) is 29.5 Å². The summed E-state index contributed by atoms with van der Waals surface area (Å²) in [5, 5.41) is 1.27. The summed E-state index contributed by atoms with van der Waals surface area (Å²) in [5.41, 5.74) is 9.79. The number of fused-ring (bicyclic) bond motifs is 1. The molecule has 32 heavy (non-hydrogen) atoms. The molecule has 2 N–H and O–H groups in total. The Bertz CT molecular complexity index is 1430. The second kappa shape index (κ2) is 8.65. The monoisotopic (exact) mass is 484 g/mol. The predicted molar refractivity (Wildman–Crippen MR) is 130 cm³/mol. The van der Waals surface area contributed by atoms with Crippen LogP contribution in [0.3, 0.4) is 0 Å². The van der Waals surface area contributed by atoms with Crippen LogP contribution < -0.4 is 5.73 Å². The number of halogens is 1. The summed E-state index contributed by atoms with van der Waals surface area (Å²) in [6.45, 7) is 3.63. The molecular formula is C24H21ClN2O3S2. The third kappa shape index (κ3) is 4.28. The van der Waals surface area contributed by atoms with Gasteiger partial charge in [0.2, 0.25) is 5.91 Å². The molecule has 0 fully saturated rings. The van der Waals surface area contributed by atoms with E-state index in [1.54, 1.807) is 36.5 Å². The molecule has 0 radical (unpaired) electrons. The van der Waals surface area contributed by atoms with Gasteiger partial charge in [-0.2, -0.15) is 0 Å². The number of thiazole rings is 1. The molecule has 0 bridgehead atoms. The number of nitrogens with zero attached hydrogens (tertiary/aromatic N) is 1. The van der Waals surface area contributed by atoms with Crippen LogP contribution in [0.2, 0.25) is 5.02 Å². The van der Waals surface area contributed by atoms with Gasteiger partial charge in [0.15, 0.2) is 9.84 Å². The van der Waals surface area contributed by atoms with Gasteiger partial charge in [0.25, 0.3) is 0 Å². The first kappa shape index (κ1) is 22.5. The van der Waals surface area contributed by atoms with E-state index >= 15 is 0 Å². The Hall–Kier alpha value is -2.74. The maximum absolute atomic E-state index is 12.3. The van der Waals surface area contributed by atoms with Crippen molar-refractivity contribution >= 4 is 48.9 Å². The van der Waals surface area contributed by atoms with Gasteiger partial charge in [0, 0.05) is 5.56 Å². The summed E-state index contributed by atoms with van der Waals surface area (Å²) < 4.78 is 25.2. The highest BCUT2D eigenvalue weighted by atomic mass is 35.5. The molecule has 0 saturated heterocycles. The first-order chi connectivity index (χ1) is 15.2. The third-order valence-corrected chi connectivity index (χ3v) is 8.45. The molecule has 3 aromatic carbocycles. The number of primary amides is 1. The molecule has 1 atom stereocenters. The number of sulfone groups is 1. The van der Waals surface area contributed by atoms with E-state index in [0.29, 0.717) is 16.1 Å². The summed E-state index contributed by atoms with van der Waals surface area (Å²) in [4.78, 5) is 17.2. The molecular weight excluding hydrogens is 464 g/mol. The van der Waals surface area contributed by atoms with Crippen molar-refractivity contribution in [2.24, 2.45) is 5.73 Å². The Balaban J connectivity index is 1.71. The van der Waals surface area contributed by atoms with Gasteiger partial charge in [-0.3, -0.25) is 4.79 Å². The van der Waals surface area contributed by atoms with Crippen LogP contribution in [0.15, 0.2) is 65.6 Å². The molecule has 164 valence electrons. The van der Waals surface area contributed by atoms with Crippen LogP contribution in [0.4, 0.5) is 0 Å². The molecule has 1 aromatic heterocycles. The zero-order valence-corrected chi connectivity index (χ0v) is 19.9. The number of benzene rings is 3. The number of carbonyl (C=O) groups excluding carboxylic acids is 1. The van der Waals surface area contributed by atoms with Gasteiger partial charge >= 0.3 is 0 Å². The predicted octanol–water partition coefficient (Wildman–Crippen LogP) is 5.34. The van der Waals surface area contributed by atoms with Crippen molar-refractivity contribution in [2.75, 3.05) is 5.75 Å². The zero-order chi connectivity index (χ0) is 23.0. The maximum atomic E-state index is 12.3. The lowest BCUT2D eigenvalue weighted by Crippen LogP contribution is -2.22. The van der Waals surface area contributed by atoms with Crippen LogP contribution in [0.25, 0.3) is 20.8 Å². The van der Waals surface area contributed by atoms with Gasteiger partial charge in [-0.25, -0.2) is 13.4 Å². The van der Waals surface area contributed by atoms with Crippen LogP contribution in [0.5, 0.6) is 0 Å². The molecule has 1 heterocycles. The molecule has 0 aliphatic carbocycles. The highest BCUT2D eigenvalue weighted by molar-refractivity contribution is 7.91. The lowest BCUT2D eigenvalue weighted by atomic mass is 9.90. The minimum atomic E-state index is -3.33. The van der Waals surface area contributed by atoms with Crippen LogP contribution in [-0.4, -0.2) is 25.1 Å². The van der Waals surface area contributed by atoms with Crippen molar-refractivity contribution in [3.8, 4) is 10.6 Å². The smallest absolute Gasteiger partial charge is 0.229 e. The average molecular weight is 485 g/mol. The van der Waals surface area contributed by atoms with Gasteiger partial charge in [0.1, 0.15) is 5.01 Å². The number of nitrogens with two attached hydrogens (primary N) is 1. The van der Waals surface area contributed by atoms with Gasteiger partial charge in [-0.1, -0.05) is 48.9 Å². The average Bonchev–Trinajstić information content (AvgIpc) is 3.17. The van der Waals surface area contributed by atoms with E-state index in [2.05, 4.69) is 11.1 Å². The number of hydrogen-bond acceptors (Lipinski definition) is 5. The molecule has 0 spiro atoms. The number of amides is 1. The highest BCUT2D eigenvalue weighted by Crippen LogP contribution is 2.37. The Morgan fingerprint density at radius 3 is 2.38 bits per heavy atom. The fourth-order valence-corrected chi connectivity index (χ4v) is 5.91. The number of carbonyl (C=O) groups is 1. The molecule has 1 amide bonds. The fourth-order valence-electron chi connectivity index (χ4n) is 3.59. The quantitative estimate of drug-likeness (QED) is 0.400. The summed E-state index contributed by atoms with van der Waals surface area (Å²) in [6, 6.07) is 17.7. The summed E-state index contributed by atoms with van der Waals surface area (Å²) in [7, 11) is -3.33. The summed E-state index contributed by atoms with van der Waals surface area (Å²) in [5.74, 6) is -1.29. The van der Waals surface area contributed by atoms with Crippen LogP contribution in [0, 0.1) is 6.92 Å². The Kier molecular flexibility index (Phi) is 6.07. The number of aromatic nitrogens is 1. The molecule has 0 aliphatic rings. The van der Waals surface area contributed by atoms with Crippen molar-refractivity contribution < 1.29 is 13.2 Å². The molecule has 5 nitrogen and oxygen atoms in total. The number of rotatable bonds is 6. The van der Waals surface area contributed by atoms with Crippen molar-refractivity contribution in [1.29, 1.82) is 0 Å². The topological polar surface area (TPSA) is 90.1 Å². The standard InChI is InChI=1S/C24H21ClN2O3S2/c1-3-32(29,30)17-8-5-15(6-9-17)22(23(26)28)16-7-10-18(19(25)13-16)24-27-20-11-4-14(2)12-21(20)31-24/h4-13,22H,3H2,1-2H3,(H2,26,28). The zero-order valence-electron chi connectivity index (χ0n) is 17.5. The Morgan fingerprint density at radius 2 is 1.75 bits per heavy atom. The molecule has 4 aromatic rings. The van der Waals surface area contributed by atoms with Gasteiger partial charge in [-0.05, 0) is 53.9 Å². The van der Waals surface area contributed by atoms with E-state index in [0.717, 1.165) is 26.4 Å². The van der Waals surface area contributed by atoms with E-state index in [1.165, 1.54) is 12.1 Å². The second-order valence-corrected chi connectivity index (χ2v) is 11.3. The molecule has 8 heteroatoms. The lowest BCUT2D eigenvalue weighted by molar-refractivity contribution is -0.118. The number of aryl methyl sites for hydroxylation is 1. The van der Waals surface area contributed by atoms with Gasteiger partial charge < -0.3 is 5.73 Å². The van der Waals surface area contributed by atoms with Crippen LogP contribution >= 0.6 is 22.9 Å². The highest BCUT2D eigenvalue weighted by Gasteiger charge is 2.23. The fraction of sp³-hybridized carbons (Fsp3) is 0.167.